The zero-order valence-electron chi connectivity index (χ0n) is 14.4. The van der Waals surface area contributed by atoms with Gasteiger partial charge in [-0.2, -0.15) is 0 Å². The smallest absolute Gasteiger partial charge is 0.219 e. The molecule has 3 heterocycles. The van der Waals surface area contributed by atoms with E-state index in [4.69, 9.17) is 9.47 Å². The summed E-state index contributed by atoms with van der Waals surface area (Å²) < 4.78 is 11.3. The van der Waals surface area contributed by atoms with Gasteiger partial charge in [-0.05, 0) is 49.9 Å². The van der Waals surface area contributed by atoms with E-state index in [9.17, 15) is 4.79 Å². The van der Waals surface area contributed by atoms with E-state index < -0.39 is 0 Å². The zero-order chi connectivity index (χ0) is 16.5. The average molecular weight is 330 g/mol. The van der Waals surface area contributed by atoms with Crippen LogP contribution >= 0.6 is 0 Å². The number of hydrogen-bond acceptors (Lipinski definition) is 4. The standard InChI is InChI=1S/C19H26N2O3/c1-14(22)21-9-3-5-17(21)16-4-2-8-20(16)13-15-6-7-18-19(12-15)24-11-10-23-18/h6-7,12,16-17H,2-5,8-11,13H2,1H3. The second-order valence-corrected chi connectivity index (χ2v) is 7.08. The average Bonchev–Trinajstić information content (AvgIpc) is 3.23. The molecule has 0 spiro atoms. The number of nitrogens with zero attached hydrogens (tertiary/aromatic N) is 2. The van der Waals surface area contributed by atoms with Gasteiger partial charge in [0.2, 0.25) is 5.91 Å². The van der Waals surface area contributed by atoms with Gasteiger partial charge in [0.1, 0.15) is 13.2 Å². The van der Waals surface area contributed by atoms with Gasteiger partial charge in [0.05, 0.1) is 0 Å². The lowest BCUT2D eigenvalue weighted by Crippen LogP contribution is -2.47. The summed E-state index contributed by atoms with van der Waals surface area (Å²) in [5, 5.41) is 0. The Morgan fingerprint density at radius 2 is 1.83 bits per heavy atom. The number of benzene rings is 1. The third-order valence-corrected chi connectivity index (χ3v) is 5.55. The molecule has 0 bridgehead atoms. The van der Waals surface area contributed by atoms with Crippen molar-refractivity contribution in [3.8, 4) is 11.5 Å². The minimum Gasteiger partial charge on any atom is -0.486 e. The van der Waals surface area contributed by atoms with Crippen LogP contribution in [0.25, 0.3) is 0 Å². The summed E-state index contributed by atoms with van der Waals surface area (Å²) in [5.74, 6) is 1.94. The maximum Gasteiger partial charge on any atom is 0.219 e. The van der Waals surface area contributed by atoms with Gasteiger partial charge in [-0.1, -0.05) is 6.07 Å². The van der Waals surface area contributed by atoms with E-state index in [0.717, 1.165) is 44.0 Å². The molecule has 0 aliphatic carbocycles. The van der Waals surface area contributed by atoms with Crippen LogP contribution in [0.3, 0.4) is 0 Å². The van der Waals surface area contributed by atoms with Gasteiger partial charge in [-0.15, -0.1) is 0 Å². The second kappa shape index (κ2) is 6.63. The predicted molar refractivity (Wildman–Crippen MR) is 91.3 cm³/mol. The molecule has 5 nitrogen and oxygen atoms in total. The van der Waals surface area contributed by atoms with Crippen molar-refractivity contribution in [2.24, 2.45) is 0 Å². The molecule has 3 aliphatic heterocycles. The number of likely N-dealkylation sites (tertiary alicyclic amines) is 2. The summed E-state index contributed by atoms with van der Waals surface area (Å²) in [6, 6.07) is 7.15. The largest absolute Gasteiger partial charge is 0.486 e. The highest BCUT2D eigenvalue weighted by Gasteiger charge is 2.38. The van der Waals surface area contributed by atoms with Crippen molar-refractivity contribution in [3.05, 3.63) is 23.8 Å². The fourth-order valence-corrected chi connectivity index (χ4v) is 4.49. The second-order valence-electron chi connectivity index (χ2n) is 7.08. The molecule has 1 amide bonds. The van der Waals surface area contributed by atoms with E-state index >= 15 is 0 Å². The highest BCUT2D eigenvalue weighted by molar-refractivity contribution is 5.74. The molecule has 4 rings (SSSR count). The molecule has 2 unspecified atom stereocenters. The van der Waals surface area contributed by atoms with Crippen LogP contribution in [0.1, 0.15) is 38.2 Å². The molecule has 1 aromatic carbocycles. The Morgan fingerprint density at radius 3 is 2.67 bits per heavy atom. The molecule has 0 radical (unpaired) electrons. The van der Waals surface area contributed by atoms with E-state index in [-0.39, 0.29) is 5.91 Å². The summed E-state index contributed by atoms with van der Waals surface area (Å²) in [4.78, 5) is 16.6. The predicted octanol–water partition coefficient (Wildman–Crippen LogP) is 2.43. The Morgan fingerprint density at radius 1 is 1.08 bits per heavy atom. The number of hydrogen-bond donors (Lipinski definition) is 0. The third kappa shape index (κ3) is 2.97. The molecule has 0 N–H and O–H groups in total. The Bertz CT molecular complexity index is 619. The quantitative estimate of drug-likeness (QED) is 0.854. The van der Waals surface area contributed by atoms with Crippen LogP contribution in [-0.2, 0) is 11.3 Å². The van der Waals surface area contributed by atoms with Crippen molar-refractivity contribution in [3.63, 3.8) is 0 Å². The summed E-state index contributed by atoms with van der Waals surface area (Å²) in [7, 11) is 0. The summed E-state index contributed by atoms with van der Waals surface area (Å²) in [5.41, 5.74) is 1.26. The molecular weight excluding hydrogens is 304 g/mol. The van der Waals surface area contributed by atoms with Gasteiger partial charge in [0.15, 0.2) is 11.5 Å². The molecular formula is C19H26N2O3. The molecule has 2 saturated heterocycles. The van der Waals surface area contributed by atoms with E-state index in [1.165, 1.54) is 18.4 Å². The fourth-order valence-electron chi connectivity index (χ4n) is 4.49. The molecule has 2 atom stereocenters. The Hall–Kier alpha value is -1.75. The van der Waals surface area contributed by atoms with Gasteiger partial charge in [-0.3, -0.25) is 9.69 Å². The highest BCUT2D eigenvalue weighted by Crippen LogP contribution is 2.34. The first kappa shape index (κ1) is 15.8. The number of rotatable bonds is 3. The van der Waals surface area contributed by atoms with Gasteiger partial charge in [0.25, 0.3) is 0 Å². The molecule has 130 valence electrons. The van der Waals surface area contributed by atoms with Crippen LogP contribution in [0.2, 0.25) is 0 Å². The van der Waals surface area contributed by atoms with Gasteiger partial charge < -0.3 is 14.4 Å². The third-order valence-electron chi connectivity index (χ3n) is 5.55. The minimum absolute atomic E-state index is 0.226. The Balaban J connectivity index is 1.48. The summed E-state index contributed by atoms with van der Waals surface area (Å²) in [6.07, 6.45) is 4.69. The number of ether oxygens (including phenoxy) is 2. The first-order valence-corrected chi connectivity index (χ1v) is 9.12. The molecule has 0 saturated carbocycles. The van der Waals surface area contributed by atoms with Crippen molar-refractivity contribution in [1.29, 1.82) is 0 Å². The van der Waals surface area contributed by atoms with Crippen LogP contribution in [0.4, 0.5) is 0 Å². The lowest BCUT2D eigenvalue weighted by molar-refractivity contribution is -0.130. The van der Waals surface area contributed by atoms with Crippen molar-refractivity contribution in [2.75, 3.05) is 26.3 Å². The molecule has 2 fully saturated rings. The maximum absolute atomic E-state index is 11.9. The van der Waals surface area contributed by atoms with Crippen LogP contribution in [0.15, 0.2) is 18.2 Å². The molecule has 1 aromatic rings. The lowest BCUT2D eigenvalue weighted by atomic mass is 10.0. The number of carbonyl (C=O) groups is 1. The summed E-state index contributed by atoms with van der Waals surface area (Å²) in [6.45, 7) is 5.92. The van der Waals surface area contributed by atoms with E-state index in [2.05, 4.69) is 21.9 Å². The van der Waals surface area contributed by atoms with Gasteiger partial charge >= 0.3 is 0 Å². The topological polar surface area (TPSA) is 42.0 Å². The van der Waals surface area contributed by atoms with Crippen LogP contribution < -0.4 is 9.47 Å². The Kier molecular flexibility index (Phi) is 4.35. The Labute approximate surface area is 143 Å². The first-order chi connectivity index (χ1) is 11.7. The van der Waals surface area contributed by atoms with Crippen molar-refractivity contribution in [1.82, 2.24) is 9.80 Å². The van der Waals surface area contributed by atoms with Crippen molar-refractivity contribution >= 4 is 5.91 Å². The summed E-state index contributed by atoms with van der Waals surface area (Å²) >= 11 is 0. The molecule has 24 heavy (non-hydrogen) atoms. The first-order valence-electron chi connectivity index (χ1n) is 9.12. The monoisotopic (exact) mass is 330 g/mol. The molecule has 3 aliphatic rings. The molecule has 0 aromatic heterocycles. The van der Waals surface area contributed by atoms with Gasteiger partial charge in [0, 0.05) is 32.1 Å². The van der Waals surface area contributed by atoms with Gasteiger partial charge in [-0.25, -0.2) is 0 Å². The van der Waals surface area contributed by atoms with Crippen molar-refractivity contribution in [2.45, 2.75) is 51.2 Å². The number of fused-ring (bicyclic) bond motifs is 1. The van der Waals surface area contributed by atoms with Crippen LogP contribution in [0.5, 0.6) is 11.5 Å². The fraction of sp³-hybridized carbons (Fsp3) is 0.632. The van der Waals surface area contributed by atoms with Crippen LogP contribution in [-0.4, -0.2) is 54.1 Å². The van der Waals surface area contributed by atoms with E-state index in [1.807, 2.05) is 6.07 Å². The lowest BCUT2D eigenvalue weighted by Gasteiger charge is -2.34. The minimum atomic E-state index is 0.226. The van der Waals surface area contributed by atoms with E-state index in [0.29, 0.717) is 25.3 Å². The number of amides is 1. The SMILES string of the molecule is CC(=O)N1CCCC1C1CCCN1Cc1ccc2c(c1)OCCO2. The normalized spacial score (nSPS) is 26.8. The zero-order valence-corrected chi connectivity index (χ0v) is 14.4. The molecule has 5 heteroatoms. The highest BCUT2D eigenvalue weighted by atomic mass is 16.6. The van der Waals surface area contributed by atoms with E-state index in [1.54, 1.807) is 6.92 Å². The van der Waals surface area contributed by atoms with Crippen molar-refractivity contribution < 1.29 is 14.3 Å². The number of carbonyl (C=O) groups excluding carboxylic acids is 1. The van der Waals surface area contributed by atoms with Crippen LogP contribution in [0, 0.1) is 0 Å². The maximum atomic E-state index is 11.9.